The molecule has 0 radical (unpaired) electrons. The van der Waals surface area contributed by atoms with Crippen LogP contribution >= 0.6 is 0 Å². The maximum Gasteiger partial charge on any atom is 0.162 e. The summed E-state index contributed by atoms with van der Waals surface area (Å²) in [6.07, 6.45) is 4.81. The van der Waals surface area contributed by atoms with Crippen LogP contribution in [0.2, 0.25) is 0 Å². The Labute approximate surface area is 70.0 Å². The highest BCUT2D eigenvalue weighted by atomic mass is 16.4. The maximum absolute atomic E-state index is 8.20. The van der Waals surface area contributed by atoms with E-state index in [2.05, 4.69) is 10.1 Å². The van der Waals surface area contributed by atoms with E-state index < -0.39 is 0 Å². The van der Waals surface area contributed by atoms with E-state index in [0.29, 0.717) is 0 Å². The van der Waals surface area contributed by atoms with Gasteiger partial charge in [-0.1, -0.05) is 11.2 Å². The predicted molar refractivity (Wildman–Crippen MR) is 46.7 cm³/mol. The Morgan fingerprint density at radius 2 is 2.42 bits per heavy atom. The number of aromatic nitrogens is 1. The summed E-state index contributed by atoms with van der Waals surface area (Å²) in [5, 5.41) is 11.0. The summed E-state index contributed by atoms with van der Waals surface area (Å²) in [7, 11) is 0. The fourth-order valence-corrected chi connectivity index (χ4v) is 0.679. The van der Waals surface area contributed by atoms with E-state index in [-0.39, 0.29) is 5.84 Å². The minimum atomic E-state index is 0.0562. The molecule has 12 heavy (non-hydrogen) atoms. The monoisotopic (exact) mass is 163 g/mol. The van der Waals surface area contributed by atoms with E-state index in [1.54, 1.807) is 12.3 Å². The molecule has 0 bridgehead atoms. The first-order chi connectivity index (χ1) is 5.83. The third-order valence-corrected chi connectivity index (χ3v) is 1.23. The van der Waals surface area contributed by atoms with Gasteiger partial charge >= 0.3 is 0 Å². The summed E-state index contributed by atoms with van der Waals surface area (Å²) in [4.78, 5) is 4.01. The lowest BCUT2D eigenvalue weighted by Crippen LogP contribution is -2.06. The van der Waals surface area contributed by atoms with Crippen molar-refractivity contribution in [2.75, 3.05) is 0 Å². The Balaban J connectivity index is 2.70. The van der Waals surface area contributed by atoms with Crippen molar-refractivity contribution >= 4 is 11.9 Å². The number of amidine groups is 1. The van der Waals surface area contributed by atoms with E-state index in [4.69, 9.17) is 10.9 Å². The van der Waals surface area contributed by atoms with Crippen molar-refractivity contribution in [3.05, 3.63) is 36.2 Å². The lowest BCUT2D eigenvalue weighted by Gasteiger charge is -1.89. The van der Waals surface area contributed by atoms with Gasteiger partial charge in [0.05, 0.1) is 5.69 Å². The van der Waals surface area contributed by atoms with Crippen LogP contribution in [0.1, 0.15) is 5.69 Å². The van der Waals surface area contributed by atoms with Crippen molar-refractivity contribution in [2.24, 2.45) is 10.9 Å². The second-order valence-corrected chi connectivity index (χ2v) is 2.11. The molecule has 0 aliphatic heterocycles. The Morgan fingerprint density at radius 1 is 1.58 bits per heavy atom. The maximum atomic E-state index is 8.20. The lowest BCUT2D eigenvalue weighted by atomic mass is 10.3. The zero-order valence-corrected chi connectivity index (χ0v) is 6.38. The second kappa shape index (κ2) is 4.12. The van der Waals surface area contributed by atoms with Crippen LogP contribution in [-0.4, -0.2) is 16.0 Å². The molecule has 1 aromatic heterocycles. The fourth-order valence-electron chi connectivity index (χ4n) is 0.679. The zero-order valence-electron chi connectivity index (χ0n) is 6.38. The SMILES string of the molecule is NC(/C=C/c1ccccn1)=N\O. The molecule has 1 rings (SSSR count). The summed E-state index contributed by atoms with van der Waals surface area (Å²) in [6.45, 7) is 0. The lowest BCUT2D eigenvalue weighted by molar-refractivity contribution is 0.319. The third kappa shape index (κ3) is 2.42. The molecule has 0 amide bonds. The molecule has 0 saturated carbocycles. The number of hydrogen-bond acceptors (Lipinski definition) is 3. The molecule has 1 heterocycles. The molecular formula is C8H9N3O. The minimum Gasteiger partial charge on any atom is -0.409 e. The predicted octanol–water partition coefficient (Wildman–Crippen LogP) is 0.841. The first kappa shape index (κ1) is 8.26. The molecule has 0 fully saturated rings. The molecule has 0 unspecified atom stereocenters. The molecule has 4 heteroatoms. The molecule has 4 nitrogen and oxygen atoms in total. The topological polar surface area (TPSA) is 71.5 Å². The number of pyridine rings is 1. The molecule has 1 aromatic rings. The quantitative estimate of drug-likeness (QED) is 0.294. The number of rotatable bonds is 2. The van der Waals surface area contributed by atoms with Crippen LogP contribution in [0.4, 0.5) is 0 Å². The van der Waals surface area contributed by atoms with Crippen molar-refractivity contribution in [3.8, 4) is 0 Å². The van der Waals surface area contributed by atoms with Gasteiger partial charge in [0.25, 0.3) is 0 Å². The molecule has 0 aliphatic carbocycles. The summed E-state index contributed by atoms with van der Waals surface area (Å²) in [5.41, 5.74) is 5.97. The van der Waals surface area contributed by atoms with E-state index in [1.165, 1.54) is 6.08 Å². The molecule has 0 aliphatic rings. The first-order valence-electron chi connectivity index (χ1n) is 3.39. The highest BCUT2D eigenvalue weighted by molar-refractivity contribution is 5.94. The number of nitrogens with zero attached hydrogens (tertiary/aromatic N) is 2. The van der Waals surface area contributed by atoms with E-state index in [0.717, 1.165) is 5.69 Å². The zero-order chi connectivity index (χ0) is 8.81. The van der Waals surface area contributed by atoms with Crippen LogP contribution in [0.5, 0.6) is 0 Å². The summed E-state index contributed by atoms with van der Waals surface area (Å²) in [5.74, 6) is 0.0562. The number of oxime groups is 1. The largest absolute Gasteiger partial charge is 0.409 e. The first-order valence-corrected chi connectivity index (χ1v) is 3.39. The minimum absolute atomic E-state index is 0.0562. The van der Waals surface area contributed by atoms with Gasteiger partial charge in [0.1, 0.15) is 0 Å². The average Bonchev–Trinajstić information content (AvgIpc) is 2.16. The third-order valence-electron chi connectivity index (χ3n) is 1.23. The summed E-state index contributed by atoms with van der Waals surface area (Å²) >= 11 is 0. The van der Waals surface area contributed by atoms with Gasteiger partial charge in [0, 0.05) is 6.20 Å². The Kier molecular flexibility index (Phi) is 2.84. The molecule has 0 spiro atoms. The normalized spacial score (nSPS) is 12.2. The van der Waals surface area contributed by atoms with Gasteiger partial charge in [-0.05, 0) is 24.3 Å². The Morgan fingerprint density at radius 3 is 3.00 bits per heavy atom. The molecule has 0 aromatic carbocycles. The van der Waals surface area contributed by atoms with Gasteiger partial charge in [0.15, 0.2) is 5.84 Å². The van der Waals surface area contributed by atoms with Crippen LogP contribution in [-0.2, 0) is 0 Å². The molecule has 62 valence electrons. The van der Waals surface area contributed by atoms with Crippen molar-refractivity contribution < 1.29 is 5.21 Å². The van der Waals surface area contributed by atoms with Gasteiger partial charge in [-0.15, -0.1) is 0 Å². The van der Waals surface area contributed by atoms with Crippen LogP contribution < -0.4 is 5.73 Å². The molecule has 3 N–H and O–H groups in total. The van der Waals surface area contributed by atoms with Gasteiger partial charge in [-0.3, -0.25) is 4.98 Å². The van der Waals surface area contributed by atoms with Crippen LogP contribution in [0.3, 0.4) is 0 Å². The van der Waals surface area contributed by atoms with Crippen LogP contribution in [0.15, 0.2) is 35.6 Å². The van der Waals surface area contributed by atoms with Gasteiger partial charge in [-0.25, -0.2) is 0 Å². The van der Waals surface area contributed by atoms with E-state index in [1.807, 2.05) is 18.2 Å². The van der Waals surface area contributed by atoms with Crippen molar-refractivity contribution in [3.63, 3.8) is 0 Å². The van der Waals surface area contributed by atoms with Crippen molar-refractivity contribution in [2.45, 2.75) is 0 Å². The number of hydrogen-bond donors (Lipinski definition) is 2. The Hall–Kier alpha value is -1.84. The van der Waals surface area contributed by atoms with Crippen LogP contribution in [0.25, 0.3) is 6.08 Å². The number of nitrogens with two attached hydrogens (primary N) is 1. The second-order valence-electron chi connectivity index (χ2n) is 2.11. The van der Waals surface area contributed by atoms with Crippen LogP contribution in [0, 0.1) is 0 Å². The average molecular weight is 163 g/mol. The van der Waals surface area contributed by atoms with Crippen molar-refractivity contribution in [1.82, 2.24) is 4.98 Å². The van der Waals surface area contributed by atoms with Gasteiger partial charge < -0.3 is 10.9 Å². The standard InChI is InChI=1S/C8H9N3O/c9-8(11-12)5-4-7-3-1-2-6-10-7/h1-6,12H,(H2,9,11)/b5-4+. The van der Waals surface area contributed by atoms with Gasteiger partial charge in [-0.2, -0.15) is 0 Å². The highest BCUT2D eigenvalue weighted by Crippen LogP contribution is 1.95. The molecule has 0 saturated heterocycles. The summed E-state index contributed by atoms with van der Waals surface area (Å²) in [6, 6.07) is 5.50. The van der Waals surface area contributed by atoms with Crippen molar-refractivity contribution in [1.29, 1.82) is 0 Å². The fraction of sp³-hybridized carbons (Fsp3) is 0. The Bertz CT molecular complexity index is 292. The van der Waals surface area contributed by atoms with E-state index >= 15 is 0 Å². The van der Waals surface area contributed by atoms with Gasteiger partial charge in [0.2, 0.25) is 0 Å². The summed E-state index contributed by atoms with van der Waals surface area (Å²) < 4.78 is 0. The smallest absolute Gasteiger partial charge is 0.162 e. The molecular weight excluding hydrogens is 154 g/mol. The highest BCUT2D eigenvalue weighted by Gasteiger charge is 1.85. The van der Waals surface area contributed by atoms with E-state index in [9.17, 15) is 0 Å². The molecule has 0 atom stereocenters.